The number of hydrogen-bond donors (Lipinski definition) is 2. The molecule has 0 saturated carbocycles. The minimum atomic E-state index is -1.05. The van der Waals surface area contributed by atoms with Gasteiger partial charge >= 0.3 is 5.97 Å². The van der Waals surface area contributed by atoms with Crippen LogP contribution < -0.4 is 10.2 Å². The summed E-state index contributed by atoms with van der Waals surface area (Å²) in [4.78, 5) is 30.6. The summed E-state index contributed by atoms with van der Waals surface area (Å²) in [5.41, 5.74) is 0.475. The van der Waals surface area contributed by atoms with Crippen molar-refractivity contribution in [1.29, 1.82) is 0 Å². The Labute approximate surface area is 145 Å². The van der Waals surface area contributed by atoms with Crippen LogP contribution in [0.3, 0.4) is 0 Å². The molecule has 2 heterocycles. The summed E-state index contributed by atoms with van der Waals surface area (Å²) in [5.74, 6) is -0.878. The third-order valence-corrected chi connectivity index (χ3v) is 4.26. The first-order valence-corrected chi connectivity index (χ1v) is 8.77. The van der Waals surface area contributed by atoms with Crippen LogP contribution in [-0.2, 0) is 0 Å². The number of rotatable bonds is 8. The Balaban J connectivity index is 2.28. The molecular weight excluding hydrogens is 326 g/mol. The van der Waals surface area contributed by atoms with E-state index in [2.05, 4.69) is 10.3 Å². The Morgan fingerprint density at radius 3 is 2.54 bits per heavy atom. The molecule has 24 heavy (non-hydrogen) atoms. The molecule has 6 nitrogen and oxygen atoms in total. The van der Waals surface area contributed by atoms with Crippen molar-refractivity contribution in [3.8, 4) is 0 Å². The number of thiophene rings is 1. The smallest absolute Gasteiger partial charge is 0.339 e. The zero-order valence-electron chi connectivity index (χ0n) is 13.8. The molecule has 2 aromatic rings. The van der Waals surface area contributed by atoms with Gasteiger partial charge in [-0.05, 0) is 30.4 Å². The van der Waals surface area contributed by atoms with Crippen LogP contribution in [0.2, 0.25) is 0 Å². The minimum Gasteiger partial charge on any atom is -0.478 e. The Kier molecular flexibility index (Phi) is 6.31. The van der Waals surface area contributed by atoms with Crippen molar-refractivity contribution in [2.45, 2.75) is 26.7 Å². The summed E-state index contributed by atoms with van der Waals surface area (Å²) in [7, 11) is 0. The number of nitrogens with zero attached hydrogens (tertiary/aromatic N) is 2. The number of pyridine rings is 1. The van der Waals surface area contributed by atoms with Gasteiger partial charge in [-0.25, -0.2) is 9.78 Å². The van der Waals surface area contributed by atoms with Gasteiger partial charge in [-0.1, -0.05) is 19.9 Å². The highest BCUT2D eigenvalue weighted by atomic mass is 32.1. The average molecular weight is 347 g/mol. The van der Waals surface area contributed by atoms with Crippen LogP contribution in [0.4, 0.5) is 11.5 Å². The van der Waals surface area contributed by atoms with Gasteiger partial charge < -0.3 is 15.3 Å². The van der Waals surface area contributed by atoms with E-state index < -0.39 is 5.97 Å². The number of aromatic carboxylic acids is 1. The van der Waals surface area contributed by atoms with Gasteiger partial charge in [0.15, 0.2) is 0 Å². The van der Waals surface area contributed by atoms with Crippen molar-refractivity contribution in [2.75, 3.05) is 23.3 Å². The van der Waals surface area contributed by atoms with Crippen molar-refractivity contribution < 1.29 is 14.7 Å². The van der Waals surface area contributed by atoms with E-state index in [9.17, 15) is 14.7 Å². The molecule has 2 N–H and O–H groups in total. The van der Waals surface area contributed by atoms with Crippen LogP contribution in [0.1, 0.15) is 46.7 Å². The van der Waals surface area contributed by atoms with Crippen LogP contribution in [0.5, 0.6) is 0 Å². The summed E-state index contributed by atoms with van der Waals surface area (Å²) >= 11 is 1.33. The fourth-order valence-electron chi connectivity index (χ4n) is 2.40. The maximum absolute atomic E-state index is 12.1. The van der Waals surface area contributed by atoms with E-state index in [1.165, 1.54) is 23.6 Å². The number of nitrogens with one attached hydrogen (secondary N) is 1. The van der Waals surface area contributed by atoms with Gasteiger partial charge in [-0.15, -0.1) is 11.3 Å². The molecule has 128 valence electrons. The summed E-state index contributed by atoms with van der Waals surface area (Å²) < 4.78 is 0. The lowest BCUT2D eigenvalue weighted by Gasteiger charge is -2.24. The second-order valence-corrected chi connectivity index (χ2v) is 6.27. The van der Waals surface area contributed by atoms with E-state index in [4.69, 9.17) is 0 Å². The molecule has 0 saturated heterocycles. The molecule has 7 heteroatoms. The fraction of sp³-hybridized carbons (Fsp3) is 0.353. The lowest BCUT2D eigenvalue weighted by atomic mass is 10.2. The summed E-state index contributed by atoms with van der Waals surface area (Å²) in [6.45, 7) is 5.56. The largest absolute Gasteiger partial charge is 0.478 e. The van der Waals surface area contributed by atoms with Crippen molar-refractivity contribution >= 4 is 34.7 Å². The molecule has 0 bridgehead atoms. The van der Waals surface area contributed by atoms with Gasteiger partial charge in [0.2, 0.25) is 0 Å². The SMILES string of the molecule is CCCN(CCC)c1ncc(NC(=O)c2cccs2)cc1C(=O)O. The molecule has 0 atom stereocenters. The van der Waals surface area contributed by atoms with Crippen LogP contribution >= 0.6 is 11.3 Å². The van der Waals surface area contributed by atoms with Crippen LogP contribution in [0.15, 0.2) is 29.8 Å². The highest BCUT2D eigenvalue weighted by molar-refractivity contribution is 7.12. The molecule has 0 aromatic carbocycles. The van der Waals surface area contributed by atoms with Crippen LogP contribution in [0.25, 0.3) is 0 Å². The predicted octanol–water partition coefficient (Wildman–Crippen LogP) is 3.72. The number of carbonyl (C=O) groups excluding carboxylic acids is 1. The predicted molar refractivity (Wildman–Crippen MR) is 96.3 cm³/mol. The molecular formula is C17H21N3O3S. The Bertz CT molecular complexity index is 695. The monoisotopic (exact) mass is 347 g/mol. The van der Waals surface area contributed by atoms with E-state index in [1.807, 2.05) is 24.1 Å². The zero-order valence-corrected chi connectivity index (χ0v) is 14.6. The fourth-order valence-corrected chi connectivity index (χ4v) is 3.02. The van der Waals surface area contributed by atoms with Crippen LogP contribution in [0, 0.1) is 0 Å². The third-order valence-electron chi connectivity index (χ3n) is 3.39. The van der Waals surface area contributed by atoms with Crippen molar-refractivity contribution in [1.82, 2.24) is 4.98 Å². The number of carboxylic acid groups (broad SMARTS) is 1. The Morgan fingerprint density at radius 2 is 2.00 bits per heavy atom. The lowest BCUT2D eigenvalue weighted by Crippen LogP contribution is -2.28. The number of aromatic nitrogens is 1. The lowest BCUT2D eigenvalue weighted by molar-refractivity contribution is 0.0696. The number of carbonyl (C=O) groups is 2. The second-order valence-electron chi connectivity index (χ2n) is 5.32. The molecule has 0 unspecified atom stereocenters. The highest BCUT2D eigenvalue weighted by Crippen LogP contribution is 2.23. The molecule has 0 fully saturated rings. The third kappa shape index (κ3) is 4.32. The van der Waals surface area contributed by atoms with E-state index in [1.54, 1.807) is 12.1 Å². The highest BCUT2D eigenvalue weighted by Gasteiger charge is 2.18. The molecule has 2 rings (SSSR count). The summed E-state index contributed by atoms with van der Waals surface area (Å²) in [6.07, 6.45) is 3.31. The van der Waals surface area contributed by atoms with Gasteiger partial charge in [-0.3, -0.25) is 4.79 Å². The van der Waals surface area contributed by atoms with E-state index in [0.29, 0.717) is 16.4 Å². The molecule has 0 radical (unpaired) electrons. The normalized spacial score (nSPS) is 10.4. The maximum atomic E-state index is 12.1. The Hall–Kier alpha value is -2.41. The van der Waals surface area contributed by atoms with E-state index in [-0.39, 0.29) is 11.5 Å². The Morgan fingerprint density at radius 1 is 1.29 bits per heavy atom. The first-order valence-electron chi connectivity index (χ1n) is 7.90. The van der Waals surface area contributed by atoms with Crippen LogP contribution in [-0.4, -0.2) is 35.1 Å². The minimum absolute atomic E-state index is 0.0980. The van der Waals surface area contributed by atoms with Gasteiger partial charge in [0.1, 0.15) is 11.4 Å². The van der Waals surface area contributed by atoms with Gasteiger partial charge in [0.25, 0.3) is 5.91 Å². The van der Waals surface area contributed by atoms with E-state index in [0.717, 1.165) is 25.9 Å². The zero-order chi connectivity index (χ0) is 17.5. The first kappa shape index (κ1) is 17.9. The maximum Gasteiger partial charge on any atom is 0.339 e. The number of hydrogen-bond acceptors (Lipinski definition) is 5. The van der Waals surface area contributed by atoms with E-state index >= 15 is 0 Å². The van der Waals surface area contributed by atoms with Crippen molar-refractivity contribution in [2.24, 2.45) is 0 Å². The standard InChI is InChI=1S/C17H21N3O3S/c1-3-7-20(8-4-2)15-13(17(22)23)10-12(11-18-15)19-16(21)14-6-5-9-24-14/h5-6,9-11H,3-4,7-8H2,1-2H3,(H,19,21)(H,22,23). The first-order chi connectivity index (χ1) is 11.6. The summed E-state index contributed by atoms with van der Waals surface area (Å²) in [5, 5.41) is 14.0. The van der Waals surface area contributed by atoms with Gasteiger partial charge in [0.05, 0.1) is 16.8 Å². The second kappa shape index (κ2) is 8.44. The molecule has 2 aromatic heterocycles. The van der Waals surface area contributed by atoms with Gasteiger partial charge in [0, 0.05) is 13.1 Å². The van der Waals surface area contributed by atoms with Crippen molar-refractivity contribution in [3.63, 3.8) is 0 Å². The molecule has 0 aliphatic rings. The quantitative estimate of drug-likeness (QED) is 0.760. The summed E-state index contributed by atoms with van der Waals surface area (Å²) in [6, 6.07) is 4.97. The molecule has 0 aliphatic heterocycles. The van der Waals surface area contributed by atoms with Crippen molar-refractivity contribution in [3.05, 3.63) is 40.2 Å². The average Bonchev–Trinajstić information content (AvgIpc) is 3.09. The molecule has 1 amide bonds. The number of anilines is 2. The molecule has 0 aliphatic carbocycles. The molecule has 0 spiro atoms. The van der Waals surface area contributed by atoms with Gasteiger partial charge in [-0.2, -0.15) is 0 Å². The number of amides is 1. The topological polar surface area (TPSA) is 82.5 Å². The number of carboxylic acids is 1.